The number of aliphatic hydroxyl groups is 2. The van der Waals surface area contributed by atoms with E-state index in [2.05, 4.69) is 17.7 Å². The highest BCUT2D eigenvalue weighted by molar-refractivity contribution is 7.80. The first kappa shape index (κ1) is 10.4. The van der Waals surface area contributed by atoms with E-state index in [1.165, 1.54) is 10.9 Å². The molecule has 1 aromatic rings. The molecule has 6 heteroatoms. The third-order valence-corrected chi connectivity index (χ3v) is 2.26. The zero-order valence-electron chi connectivity index (χ0n) is 7.25. The number of nitrogens with two attached hydrogens (primary N) is 1. The second-order valence-corrected chi connectivity index (χ2v) is 3.17. The van der Waals surface area contributed by atoms with Gasteiger partial charge in [0.25, 0.3) is 0 Å². The Kier molecular flexibility index (Phi) is 3.18. The molecule has 2 atom stereocenters. The summed E-state index contributed by atoms with van der Waals surface area (Å²) in [6.07, 6.45) is -0.506. The van der Waals surface area contributed by atoms with E-state index in [0.717, 1.165) is 0 Å². The van der Waals surface area contributed by atoms with Crippen LogP contribution in [0.4, 0.5) is 5.82 Å². The molecule has 1 rings (SSSR count). The van der Waals surface area contributed by atoms with Crippen molar-refractivity contribution in [3.8, 4) is 0 Å². The number of rotatable bonds is 3. The predicted octanol–water partition coefficient (Wildman–Crippen LogP) is -0.674. The van der Waals surface area contributed by atoms with Gasteiger partial charge in [-0.1, -0.05) is 0 Å². The Morgan fingerprint density at radius 3 is 2.69 bits per heavy atom. The van der Waals surface area contributed by atoms with Crippen molar-refractivity contribution in [3.63, 3.8) is 0 Å². The van der Waals surface area contributed by atoms with Gasteiger partial charge in [0.2, 0.25) is 0 Å². The van der Waals surface area contributed by atoms with Gasteiger partial charge in [-0.05, 0) is 0 Å². The normalized spacial score (nSPS) is 15.7. The second kappa shape index (κ2) is 3.99. The smallest absolute Gasteiger partial charge is 0.127 e. The fraction of sp³-hybridized carbons (Fsp3) is 0.571. The first-order valence-corrected chi connectivity index (χ1v) is 4.45. The van der Waals surface area contributed by atoms with Crippen LogP contribution in [0.2, 0.25) is 0 Å². The molecule has 0 saturated carbocycles. The number of aryl methyl sites for hydroxylation is 1. The fourth-order valence-electron chi connectivity index (χ4n) is 0.999. The van der Waals surface area contributed by atoms with Gasteiger partial charge in [-0.25, -0.2) is 0 Å². The largest absolute Gasteiger partial charge is 0.389 e. The number of anilines is 1. The highest BCUT2D eigenvalue weighted by atomic mass is 32.1. The van der Waals surface area contributed by atoms with E-state index in [9.17, 15) is 10.2 Å². The maximum Gasteiger partial charge on any atom is 0.127 e. The molecule has 1 heterocycles. The molecule has 74 valence electrons. The Balaban J connectivity index is 2.88. The van der Waals surface area contributed by atoms with Crippen molar-refractivity contribution < 1.29 is 10.2 Å². The summed E-state index contributed by atoms with van der Waals surface area (Å²) in [5.41, 5.74) is 6.03. The zero-order valence-corrected chi connectivity index (χ0v) is 8.15. The van der Waals surface area contributed by atoms with Crippen molar-refractivity contribution in [2.75, 3.05) is 11.5 Å². The van der Waals surface area contributed by atoms with Crippen molar-refractivity contribution in [3.05, 3.63) is 11.8 Å². The quantitative estimate of drug-likeness (QED) is 0.491. The number of nitrogen functional groups attached to an aromatic ring is 1. The lowest BCUT2D eigenvalue weighted by molar-refractivity contribution is 0.0342. The van der Waals surface area contributed by atoms with Gasteiger partial charge < -0.3 is 15.9 Å². The summed E-state index contributed by atoms with van der Waals surface area (Å²) in [6.45, 7) is 0. The molecule has 0 saturated heterocycles. The Bertz CT molecular complexity index is 289. The minimum atomic E-state index is -1.02. The lowest BCUT2D eigenvalue weighted by Gasteiger charge is -2.14. The van der Waals surface area contributed by atoms with Crippen molar-refractivity contribution in [2.24, 2.45) is 7.05 Å². The van der Waals surface area contributed by atoms with Crippen LogP contribution in [0.3, 0.4) is 0 Å². The van der Waals surface area contributed by atoms with E-state index in [1.54, 1.807) is 7.05 Å². The van der Waals surface area contributed by atoms with Crippen LogP contribution in [-0.2, 0) is 7.05 Å². The van der Waals surface area contributed by atoms with E-state index >= 15 is 0 Å². The molecule has 0 amide bonds. The molecule has 0 aromatic carbocycles. The van der Waals surface area contributed by atoms with E-state index in [-0.39, 0.29) is 5.75 Å². The summed E-state index contributed by atoms with van der Waals surface area (Å²) < 4.78 is 1.43. The molecule has 0 fully saturated rings. The summed E-state index contributed by atoms with van der Waals surface area (Å²) in [6, 6.07) is 0. The van der Waals surface area contributed by atoms with Crippen LogP contribution in [0.1, 0.15) is 11.7 Å². The monoisotopic (exact) mass is 203 g/mol. The molecule has 0 aliphatic carbocycles. The molecular weight excluding hydrogens is 190 g/mol. The molecule has 1 aromatic heterocycles. The van der Waals surface area contributed by atoms with E-state index in [4.69, 9.17) is 5.73 Å². The third-order valence-electron chi connectivity index (χ3n) is 1.88. The Hall–Kier alpha value is -0.720. The van der Waals surface area contributed by atoms with Crippen LogP contribution < -0.4 is 5.73 Å². The van der Waals surface area contributed by atoms with Crippen molar-refractivity contribution in [1.29, 1.82) is 0 Å². The maximum atomic E-state index is 9.55. The van der Waals surface area contributed by atoms with Gasteiger partial charge in [-0.2, -0.15) is 17.7 Å². The van der Waals surface area contributed by atoms with Gasteiger partial charge in [0.15, 0.2) is 0 Å². The van der Waals surface area contributed by atoms with Crippen molar-refractivity contribution in [2.45, 2.75) is 12.2 Å². The Morgan fingerprint density at radius 1 is 1.69 bits per heavy atom. The van der Waals surface area contributed by atoms with Gasteiger partial charge in [0.05, 0.1) is 12.3 Å². The SMILES string of the molecule is Cn1ncc(C(O)C(O)CS)c1N. The lowest BCUT2D eigenvalue weighted by atomic mass is 10.1. The van der Waals surface area contributed by atoms with Crippen LogP contribution in [0.25, 0.3) is 0 Å². The molecule has 4 N–H and O–H groups in total. The second-order valence-electron chi connectivity index (χ2n) is 2.80. The Morgan fingerprint density at radius 2 is 2.31 bits per heavy atom. The predicted molar refractivity (Wildman–Crippen MR) is 52.4 cm³/mol. The number of thiol groups is 1. The number of hydrogen-bond acceptors (Lipinski definition) is 5. The minimum Gasteiger partial charge on any atom is -0.389 e. The fourth-order valence-corrected chi connectivity index (χ4v) is 1.20. The summed E-state index contributed by atoms with van der Waals surface area (Å²) in [5.74, 6) is 0.531. The minimum absolute atomic E-state index is 0.176. The molecule has 5 nitrogen and oxygen atoms in total. The van der Waals surface area contributed by atoms with Gasteiger partial charge in [0.1, 0.15) is 11.9 Å². The molecule has 13 heavy (non-hydrogen) atoms. The average molecular weight is 203 g/mol. The number of aliphatic hydroxyl groups excluding tert-OH is 2. The van der Waals surface area contributed by atoms with E-state index in [1.807, 2.05) is 0 Å². The summed E-state index contributed by atoms with van der Waals surface area (Å²) in [7, 11) is 1.67. The van der Waals surface area contributed by atoms with Crippen LogP contribution in [0.5, 0.6) is 0 Å². The summed E-state index contributed by atoms with van der Waals surface area (Å²) >= 11 is 3.87. The van der Waals surface area contributed by atoms with Crippen LogP contribution in [-0.4, -0.2) is 31.9 Å². The van der Waals surface area contributed by atoms with E-state index < -0.39 is 12.2 Å². The molecular formula is C7H13N3O2S. The van der Waals surface area contributed by atoms with Crippen LogP contribution >= 0.6 is 12.6 Å². The van der Waals surface area contributed by atoms with Gasteiger partial charge in [-0.15, -0.1) is 0 Å². The number of aromatic nitrogens is 2. The van der Waals surface area contributed by atoms with Crippen molar-refractivity contribution in [1.82, 2.24) is 9.78 Å². The highest BCUT2D eigenvalue weighted by Gasteiger charge is 2.21. The molecule has 2 unspecified atom stereocenters. The standard InChI is InChI=1S/C7H13N3O2S/c1-10-7(8)4(2-9-10)6(12)5(11)3-13/h2,5-6,11-13H,3,8H2,1H3. The highest BCUT2D eigenvalue weighted by Crippen LogP contribution is 2.22. The molecule has 0 aliphatic rings. The molecule has 0 spiro atoms. The van der Waals surface area contributed by atoms with Crippen molar-refractivity contribution >= 4 is 18.4 Å². The molecule has 0 radical (unpaired) electrons. The first-order chi connectivity index (χ1) is 6.07. The van der Waals surface area contributed by atoms with E-state index in [0.29, 0.717) is 11.4 Å². The zero-order chi connectivity index (χ0) is 10.0. The topological polar surface area (TPSA) is 84.3 Å². The van der Waals surface area contributed by atoms with Gasteiger partial charge >= 0.3 is 0 Å². The summed E-state index contributed by atoms with van der Waals surface area (Å²) in [5, 5.41) is 22.7. The first-order valence-electron chi connectivity index (χ1n) is 3.82. The lowest BCUT2D eigenvalue weighted by Crippen LogP contribution is -2.20. The molecule has 0 aliphatic heterocycles. The molecule has 0 bridgehead atoms. The Labute approximate surface area is 81.6 Å². The number of nitrogens with zero attached hydrogens (tertiary/aromatic N) is 2. The van der Waals surface area contributed by atoms with Gasteiger partial charge in [0, 0.05) is 18.4 Å². The third kappa shape index (κ3) is 1.96. The maximum absolute atomic E-state index is 9.55. The van der Waals surface area contributed by atoms with Crippen LogP contribution in [0.15, 0.2) is 6.20 Å². The summed E-state index contributed by atoms with van der Waals surface area (Å²) in [4.78, 5) is 0. The van der Waals surface area contributed by atoms with Crippen LogP contribution in [0, 0.1) is 0 Å². The van der Waals surface area contributed by atoms with Gasteiger partial charge in [-0.3, -0.25) is 4.68 Å². The number of hydrogen-bond donors (Lipinski definition) is 4. The average Bonchev–Trinajstić information content (AvgIpc) is 2.45.